The van der Waals surface area contributed by atoms with Crippen molar-refractivity contribution in [2.24, 2.45) is 0 Å². The molecule has 5 nitrogen and oxygen atoms in total. The van der Waals surface area contributed by atoms with E-state index in [1.807, 2.05) is 26.0 Å². The zero-order valence-corrected chi connectivity index (χ0v) is 11.5. The third-order valence-corrected chi connectivity index (χ3v) is 2.96. The Morgan fingerprint density at radius 3 is 3.16 bits per heavy atom. The van der Waals surface area contributed by atoms with Crippen LogP contribution in [0.3, 0.4) is 0 Å². The number of carbonyl (C=O) groups is 1. The second kappa shape index (κ2) is 6.41. The van der Waals surface area contributed by atoms with E-state index in [4.69, 9.17) is 4.74 Å². The number of hydrogen-bond acceptors (Lipinski definition) is 4. The standard InChI is InChI=1S/C14H21N3O2/c1-10(2)19-14-12(6-4-8-16-14)17-11-5-3-7-15-13(18)9-11/h4,6,8,10-11,17H,3,5,7,9H2,1-2H3,(H,15,18). The molecule has 104 valence electrons. The van der Waals surface area contributed by atoms with Gasteiger partial charge in [-0.15, -0.1) is 0 Å². The van der Waals surface area contributed by atoms with E-state index < -0.39 is 0 Å². The molecule has 2 rings (SSSR count). The predicted octanol–water partition coefficient (Wildman–Crippen LogP) is 1.95. The van der Waals surface area contributed by atoms with Crippen LogP contribution in [0.5, 0.6) is 5.88 Å². The van der Waals surface area contributed by atoms with Crippen LogP contribution in [0.25, 0.3) is 0 Å². The zero-order chi connectivity index (χ0) is 13.7. The SMILES string of the molecule is CC(C)Oc1ncccc1NC1CCCNC(=O)C1. The van der Waals surface area contributed by atoms with Gasteiger partial charge in [-0.2, -0.15) is 0 Å². The summed E-state index contributed by atoms with van der Waals surface area (Å²) in [4.78, 5) is 15.8. The van der Waals surface area contributed by atoms with E-state index in [2.05, 4.69) is 15.6 Å². The third kappa shape index (κ3) is 4.12. The summed E-state index contributed by atoms with van der Waals surface area (Å²) >= 11 is 0. The number of pyridine rings is 1. The lowest BCUT2D eigenvalue weighted by molar-refractivity contribution is -0.120. The summed E-state index contributed by atoms with van der Waals surface area (Å²) in [7, 11) is 0. The minimum Gasteiger partial charge on any atom is -0.473 e. The molecule has 5 heteroatoms. The van der Waals surface area contributed by atoms with Gasteiger partial charge in [0.15, 0.2) is 0 Å². The van der Waals surface area contributed by atoms with Crippen molar-refractivity contribution in [1.82, 2.24) is 10.3 Å². The first-order valence-electron chi connectivity index (χ1n) is 6.80. The van der Waals surface area contributed by atoms with Crippen molar-refractivity contribution in [3.8, 4) is 5.88 Å². The summed E-state index contributed by atoms with van der Waals surface area (Å²) < 4.78 is 5.67. The van der Waals surface area contributed by atoms with Crippen LogP contribution in [0.1, 0.15) is 33.1 Å². The van der Waals surface area contributed by atoms with Crippen molar-refractivity contribution in [2.75, 3.05) is 11.9 Å². The van der Waals surface area contributed by atoms with Gasteiger partial charge in [0.05, 0.1) is 11.8 Å². The lowest BCUT2D eigenvalue weighted by atomic mass is 10.1. The molecule has 19 heavy (non-hydrogen) atoms. The Bertz CT molecular complexity index is 434. The van der Waals surface area contributed by atoms with Crippen molar-refractivity contribution in [3.63, 3.8) is 0 Å². The Kier molecular flexibility index (Phi) is 4.60. The second-order valence-electron chi connectivity index (χ2n) is 5.06. The van der Waals surface area contributed by atoms with E-state index in [0.717, 1.165) is 25.1 Å². The lowest BCUT2D eigenvalue weighted by Gasteiger charge is -2.19. The van der Waals surface area contributed by atoms with Crippen LogP contribution >= 0.6 is 0 Å². The molecule has 1 aliphatic heterocycles. The summed E-state index contributed by atoms with van der Waals surface area (Å²) in [5, 5.41) is 6.26. The molecule has 2 N–H and O–H groups in total. The van der Waals surface area contributed by atoms with E-state index in [1.165, 1.54) is 0 Å². The Balaban J connectivity index is 2.07. The number of hydrogen-bond donors (Lipinski definition) is 2. The van der Waals surface area contributed by atoms with Crippen molar-refractivity contribution in [1.29, 1.82) is 0 Å². The second-order valence-corrected chi connectivity index (χ2v) is 5.06. The molecule has 0 radical (unpaired) electrons. The Morgan fingerprint density at radius 1 is 1.53 bits per heavy atom. The number of nitrogens with one attached hydrogen (secondary N) is 2. The van der Waals surface area contributed by atoms with Crippen molar-refractivity contribution >= 4 is 11.6 Å². The molecule has 1 fully saturated rings. The number of aromatic nitrogens is 1. The fourth-order valence-electron chi connectivity index (χ4n) is 2.14. The van der Waals surface area contributed by atoms with Gasteiger partial charge in [-0.05, 0) is 38.8 Å². The van der Waals surface area contributed by atoms with Crippen LogP contribution < -0.4 is 15.4 Å². The predicted molar refractivity (Wildman–Crippen MR) is 74.3 cm³/mol. The molecule has 0 aliphatic carbocycles. The quantitative estimate of drug-likeness (QED) is 0.871. The summed E-state index contributed by atoms with van der Waals surface area (Å²) in [5.41, 5.74) is 0.857. The molecule has 0 spiro atoms. The van der Waals surface area contributed by atoms with Gasteiger partial charge in [-0.3, -0.25) is 4.79 Å². The molecule has 1 saturated heterocycles. The van der Waals surface area contributed by atoms with Crippen LogP contribution in [-0.4, -0.2) is 29.6 Å². The number of nitrogens with zero attached hydrogens (tertiary/aromatic N) is 1. The molecule has 1 atom stereocenters. The van der Waals surface area contributed by atoms with Crippen LogP contribution in [0.4, 0.5) is 5.69 Å². The largest absolute Gasteiger partial charge is 0.473 e. The average molecular weight is 263 g/mol. The number of carbonyl (C=O) groups excluding carboxylic acids is 1. The molecule has 0 bridgehead atoms. The van der Waals surface area contributed by atoms with Gasteiger partial charge in [0.25, 0.3) is 0 Å². The van der Waals surface area contributed by atoms with E-state index in [-0.39, 0.29) is 18.1 Å². The zero-order valence-electron chi connectivity index (χ0n) is 11.5. The molecule has 1 amide bonds. The maximum atomic E-state index is 11.5. The number of amides is 1. The van der Waals surface area contributed by atoms with Crippen LogP contribution in [-0.2, 0) is 4.79 Å². The highest BCUT2D eigenvalue weighted by Crippen LogP contribution is 2.24. The van der Waals surface area contributed by atoms with Crippen LogP contribution in [0.2, 0.25) is 0 Å². The maximum absolute atomic E-state index is 11.5. The summed E-state index contributed by atoms with van der Waals surface area (Å²) in [6, 6.07) is 3.95. The van der Waals surface area contributed by atoms with Gasteiger partial charge in [0, 0.05) is 25.2 Å². The summed E-state index contributed by atoms with van der Waals surface area (Å²) in [6.07, 6.45) is 4.24. The Hall–Kier alpha value is -1.78. The van der Waals surface area contributed by atoms with E-state index >= 15 is 0 Å². The maximum Gasteiger partial charge on any atom is 0.237 e. The van der Waals surface area contributed by atoms with E-state index in [9.17, 15) is 4.79 Å². The monoisotopic (exact) mass is 263 g/mol. The smallest absolute Gasteiger partial charge is 0.237 e. The molecule has 0 aromatic carbocycles. The van der Waals surface area contributed by atoms with Crippen LogP contribution in [0, 0.1) is 0 Å². The first-order chi connectivity index (χ1) is 9.15. The number of ether oxygens (including phenoxy) is 1. The molecule has 1 aliphatic rings. The number of anilines is 1. The topological polar surface area (TPSA) is 63.2 Å². The van der Waals surface area contributed by atoms with Crippen LogP contribution in [0.15, 0.2) is 18.3 Å². The summed E-state index contributed by atoms with van der Waals surface area (Å²) in [6.45, 7) is 4.70. The summed E-state index contributed by atoms with van der Waals surface area (Å²) in [5.74, 6) is 0.701. The Morgan fingerprint density at radius 2 is 2.37 bits per heavy atom. The average Bonchev–Trinajstić information content (AvgIpc) is 2.55. The molecule has 0 saturated carbocycles. The van der Waals surface area contributed by atoms with Gasteiger partial charge in [0.1, 0.15) is 0 Å². The van der Waals surface area contributed by atoms with Crippen molar-refractivity contribution in [3.05, 3.63) is 18.3 Å². The molecule has 1 aromatic heterocycles. The fraction of sp³-hybridized carbons (Fsp3) is 0.571. The van der Waals surface area contributed by atoms with E-state index in [1.54, 1.807) is 6.20 Å². The fourth-order valence-corrected chi connectivity index (χ4v) is 2.14. The highest BCUT2D eigenvalue weighted by Gasteiger charge is 2.18. The molecule has 2 heterocycles. The number of rotatable bonds is 4. The van der Waals surface area contributed by atoms with Crippen molar-refractivity contribution in [2.45, 2.75) is 45.3 Å². The van der Waals surface area contributed by atoms with Crippen molar-refractivity contribution < 1.29 is 9.53 Å². The highest BCUT2D eigenvalue weighted by molar-refractivity contribution is 5.77. The minimum atomic E-state index is 0.0767. The van der Waals surface area contributed by atoms with Gasteiger partial charge in [0.2, 0.25) is 11.8 Å². The molecule has 1 aromatic rings. The first-order valence-corrected chi connectivity index (χ1v) is 6.80. The Labute approximate surface area is 113 Å². The lowest BCUT2D eigenvalue weighted by Crippen LogP contribution is -2.27. The van der Waals surface area contributed by atoms with Gasteiger partial charge in [-0.25, -0.2) is 4.98 Å². The minimum absolute atomic E-state index is 0.0767. The highest BCUT2D eigenvalue weighted by atomic mass is 16.5. The molecular weight excluding hydrogens is 242 g/mol. The van der Waals surface area contributed by atoms with Gasteiger partial charge >= 0.3 is 0 Å². The molecular formula is C14H21N3O2. The van der Waals surface area contributed by atoms with Gasteiger partial charge < -0.3 is 15.4 Å². The first kappa shape index (κ1) is 13.6. The normalized spacial score (nSPS) is 19.7. The molecule has 1 unspecified atom stereocenters. The third-order valence-electron chi connectivity index (χ3n) is 2.96. The van der Waals surface area contributed by atoms with Gasteiger partial charge in [-0.1, -0.05) is 0 Å². The van der Waals surface area contributed by atoms with E-state index in [0.29, 0.717) is 12.3 Å².